The number of allylic oxidation sites excluding steroid dienone is 3. The summed E-state index contributed by atoms with van der Waals surface area (Å²) in [4.78, 5) is 4.52. The van der Waals surface area contributed by atoms with Crippen LogP contribution in [0.15, 0.2) is 66.1 Å². The van der Waals surface area contributed by atoms with Crippen molar-refractivity contribution in [1.29, 1.82) is 0 Å². The molecule has 1 aromatic carbocycles. The Morgan fingerprint density at radius 1 is 1.08 bits per heavy atom. The molecule has 0 saturated heterocycles. The molecule has 126 valence electrons. The molecule has 0 aliphatic heterocycles. The highest BCUT2D eigenvalue weighted by Crippen LogP contribution is 2.24. The number of hydrogen-bond donors (Lipinski definition) is 0. The molecule has 3 rings (SSSR count). The molecule has 2 nitrogen and oxygen atoms in total. The molecule has 3 heteroatoms. The lowest BCUT2D eigenvalue weighted by Crippen LogP contribution is -2.00. The third-order valence-corrected chi connectivity index (χ3v) is 4.03. The lowest BCUT2D eigenvalue weighted by atomic mass is 10.0. The fraction of sp³-hybridized carbons (Fsp3) is 0.286. The van der Waals surface area contributed by atoms with E-state index in [-0.39, 0.29) is 12.4 Å². The Hall–Kier alpha value is -2.06. The maximum absolute atomic E-state index is 5.93. The molecule has 1 heterocycles. The third kappa shape index (κ3) is 4.48. The molecule has 1 aliphatic carbocycles. The summed E-state index contributed by atoms with van der Waals surface area (Å²) in [6, 6.07) is 10.4. The van der Waals surface area contributed by atoms with Crippen LogP contribution in [-0.2, 0) is 4.74 Å². The number of nitrogens with zero attached hydrogens (tertiary/aromatic N) is 1. The summed E-state index contributed by atoms with van der Waals surface area (Å²) in [6.07, 6.45) is 14.9. The molecule has 0 spiro atoms. The van der Waals surface area contributed by atoms with Gasteiger partial charge in [-0.25, -0.2) is 0 Å². The Balaban J connectivity index is 0.00000208. The van der Waals surface area contributed by atoms with Gasteiger partial charge < -0.3 is 4.74 Å². The van der Waals surface area contributed by atoms with E-state index in [2.05, 4.69) is 60.5 Å². The van der Waals surface area contributed by atoms with Crippen molar-refractivity contribution in [1.82, 2.24) is 4.98 Å². The fourth-order valence-electron chi connectivity index (χ4n) is 2.74. The van der Waals surface area contributed by atoms with Crippen molar-refractivity contribution < 1.29 is 4.74 Å². The molecule has 1 aliphatic rings. The normalized spacial score (nSPS) is 14.2. The van der Waals surface area contributed by atoms with E-state index in [0.717, 1.165) is 43.7 Å². The quantitative estimate of drug-likeness (QED) is 0.593. The number of fused-ring (bicyclic) bond motifs is 1. The van der Waals surface area contributed by atoms with Gasteiger partial charge in [-0.2, -0.15) is 0 Å². The molecule has 0 radical (unpaired) electrons. The number of pyridine rings is 1. The van der Waals surface area contributed by atoms with Crippen LogP contribution in [-0.4, -0.2) is 11.6 Å². The van der Waals surface area contributed by atoms with Crippen molar-refractivity contribution in [3.05, 3.63) is 71.8 Å². The van der Waals surface area contributed by atoms with Crippen molar-refractivity contribution in [2.24, 2.45) is 0 Å². The van der Waals surface area contributed by atoms with Crippen LogP contribution in [0, 0.1) is 0 Å². The minimum Gasteiger partial charge on any atom is -0.493 e. The van der Waals surface area contributed by atoms with E-state index in [1.54, 1.807) is 0 Å². The molecular weight excluding hydrogens is 318 g/mol. The van der Waals surface area contributed by atoms with Crippen molar-refractivity contribution >= 4 is 29.3 Å². The first-order valence-electron chi connectivity index (χ1n) is 8.44. The second kappa shape index (κ2) is 9.29. The van der Waals surface area contributed by atoms with Gasteiger partial charge in [-0.1, -0.05) is 43.7 Å². The maximum Gasteiger partial charge on any atom is 0.122 e. The average Bonchev–Trinajstić information content (AvgIpc) is 2.61. The predicted octanol–water partition coefficient (Wildman–Crippen LogP) is 6.09. The summed E-state index contributed by atoms with van der Waals surface area (Å²) < 4.78 is 5.93. The van der Waals surface area contributed by atoms with E-state index >= 15 is 0 Å². The zero-order valence-electron chi connectivity index (χ0n) is 14.1. The first-order valence-corrected chi connectivity index (χ1v) is 8.44. The van der Waals surface area contributed by atoms with Gasteiger partial charge in [0.15, 0.2) is 0 Å². The molecule has 1 aromatic heterocycles. The highest BCUT2D eigenvalue weighted by atomic mass is 35.5. The minimum absolute atomic E-state index is 0. The van der Waals surface area contributed by atoms with Crippen LogP contribution in [0.4, 0.5) is 0 Å². The molecular formula is C21H24ClNO. The minimum atomic E-state index is 0. The Morgan fingerprint density at radius 3 is 2.79 bits per heavy atom. The zero-order chi connectivity index (χ0) is 15.9. The van der Waals surface area contributed by atoms with Gasteiger partial charge in [-0.05, 0) is 48.9 Å². The van der Waals surface area contributed by atoms with Crippen molar-refractivity contribution in [2.75, 3.05) is 6.61 Å². The molecule has 0 amide bonds. The van der Waals surface area contributed by atoms with Crippen molar-refractivity contribution in [3.63, 3.8) is 0 Å². The lowest BCUT2D eigenvalue weighted by molar-refractivity contribution is 0.214. The van der Waals surface area contributed by atoms with Crippen LogP contribution in [0.5, 0.6) is 0 Å². The first kappa shape index (κ1) is 18.3. The van der Waals surface area contributed by atoms with Crippen LogP contribution >= 0.6 is 12.4 Å². The number of unbranched alkanes of at least 4 members (excludes halogenated alkanes) is 1. The Bertz CT molecular complexity index is 756. The van der Waals surface area contributed by atoms with Crippen LogP contribution in [0.1, 0.15) is 38.3 Å². The summed E-state index contributed by atoms with van der Waals surface area (Å²) >= 11 is 0. The summed E-state index contributed by atoms with van der Waals surface area (Å²) in [5, 5.41) is 2.40. The van der Waals surface area contributed by atoms with Crippen LogP contribution in [0.25, 0.3) is 16.8 Å². The van der Waals surface area contributed by atoms with E-state index in [1.165, 1.54) is 16.3 Å². The molecule has 24 heavy (non-hydrogen) atoms. The molecule has 0 saturated carbocycles. The average molecular weight is 342 g/mol. The second-order valence-corrected chi connectivity index (χ2v) is 5.76. The molecule has 0 atom stereocenters. The number of halogens is 1. The first-order chi connectivity index (χ1) is 11.4. The molecule has 2 aromatic rings. The van der Waals surface area contributed by atoms with E-state index in [9.17, 15) is 0 Å². The molecule has 0 fully saturated rings. The van der Waals surface area contributed by atoms with Gasteiger partial charge >= 0.3 is 0 Å². The monoisotopic (exact) mass is 341 g/mol. The van der Waals surface area contributed by atoms with Gasteiger partial charge in [0.1, 0.15) is 5.76 Å². The Morgan fingerprint density at radius 2 is 1.92 bits per heavy atom. The van der Waals surface area contributed by atoms with Gasteiger partial charge in [0.2, 0.25) is 0 Å². The van der Waals surface area contributed by atoms with Gasteiger partial charge in [0.25, 0.3) is 0 Å². The Kier molecular flexibility index (Phi) is 7.07. The highest BCUT2D eigenvalue weighted by molar-refractivity contribution is 5.89. The van der Waals surface area contributed by atoms with E-state index in [0.29, 0.717) is 0 Å². The molecule has 0 bridgehead atoms. The van der Waals surface area contributed by atoms with E-state index in [1.807, 2.05) is 12.3 Å². The zero-order valence-corrected chi connectivity index (χ0v) is 14.9. The SMILES string of the molecule is CCCCOC1=CCCC=C1C=Cc1nccc2ccccc12.Cl. The Labute approximate surface area is 150 Å². The van der Waals surface area contributed by atoms with Crippen molar-refractivity contribution in [3.8, 4) is 0 Å². The number of ether oxygens (including phenoxy) is 1. The summed E-state index contributed by atoms with van der Waals surface area (Å²) in [5.41, 5.74) is 2.17. The second-order valence-electron chi connectivity index (χ2n) is 5.76. The van der Waals surface area contributed by atoms with E-state index in [4.69, 9.17) is 4.74 Å². The van der Waals surface area contributed by atoms with E-state index < -0.39 is 0 Å². The van der Waals surface area contributed by atoms with Crippen LogP contribution < -0.4 is 0 Å². The summed E-state index contributed by atoms with van der Waals surface area (Å²) in [5.74, 6) is 1.01. The fourth-order valence-corrected chi connectivity index (χ4v) is 2.74. The van der Waals surface area contributed by atoms with Gasteiger partial charge in [-0.15, -0.1) is 12.4 Å². The molecule has 0 unspecified atom stereocenters. The molecule has 0 N–H and O–H groups in total. The van der Waals surface area contributed by atoms with Gasteiger partial charge in [0.05, 0.1) is 12.3 Å². The maximum atomic E-state index is 5.93. The number of rotatable bonds is 6. The largest absolute Gasteiger partial charge is 0.493 e. The van der Waals surface area contributed by atoms with Gasteiger partial charge in [0, 0.05) is 17.2 Å². The number of aromatic nitrogens is 1. The van der Waals surface area contributed by atoms with Crippen LogP contribution in [0.2, 0.25) is 0 Å². The highest BCUT2D eigenvalue weighted by Gasteiger charge is 2.08. The number of hydrogen-bond acceptors (Lipinski definition) is 2. The predicted molar refractivity (Wildman–Crippen MR) is 104 cm³/mol. The number of benzene rings is 1. The lowest BCUT2D eigenvalue weighted by Gasteiger charge is -2.15. The smallest absolute Gasteiger partial charge is 0.122 e. The summed E-state index contributed by atoms with van der Waals surface area (Å²) in [7, 11) is 0. The van der Waals surface area contributed by atoms with Gasteiger partial charge in [-0.3, -0.25) is 4.98 Å². The summed E-state index contributed by atoms with van der Waals surface area (Å²) in [6.45, 7) is 2.97. The third-order valence-electron chi connectivity index (χ3n) is 4.03. The van der Waals surface area contributed by atoms with Crippen molar-refractivity contribution in [2.45, 2.75) is 32.6 Å². The standard InChI is InChI=1S/C21H23NO.ClH/c1-2-3-16-23-21-11-7-5-9-18(21)12-13-20-19-10-6-4-8-17(19)14-15-22-20;/h4,6,8-15H,2-3,5,7,16H2,1H3;1H. The van der Waals surface area contributed by atoms with Crippen LogP contribution in [0.3, 0.4) is 0 Å². The topological polar surface area (TPSA) is 22.1 Å².